The van der Waals surface area contributed by atoms with Crippen LogP contribution in [0.4, 0.5) is 5.69 Å². The van der Waals surface area contributed by atoms with Crippen LogP contribution in [0.1, 0.15) is 5.76 Å². The van der Waals surface area contributed by atoms with E-state index < -0.39 is 11.8 Å². The minimum atomic E-state index is -0.542. The molecule has 110 valence electrons. The Labute approximate surface area is 139 Å². The Bertz CT molecular complexity index is 782. The molecule has 0 spiro atoms. The maximum atomic E-state index is 12.6. The summed E-state index contributed by atoms with van der Waals surface area (Å²) in [6.07, 6.45) is 2.86. The smallest absolute Gasteiger partial charge is 0.270 e. The Morgan fingerprint density at radius 1 is 1.18 bits per heavy atom. The van der Waals surface area contributed by atoms with Gasteiger partial charge in [-0.25, -0.2) is 0 Å². The fourth-order valence-corrected chi connectivity index (χ4v) is 2.54. The third-order valence-corrected chi connectivity index (χ3v) is 3.83. The lowest BCUT2D eigenvalue weighted by atomic mass is 10.1. The predicted molar refractivity (Wildman–Crippen MR) is 89.1 cm³/mol. The molecule has 2 amide bonds. The van der Waals surface area contributed by atoms with E-state index in [0.717, 1.165) is 4.47 Å². The summed E-state index contributed by atoms with van der Waals surface area (Å²) in [6.45, 7) is 0. The zero-order valence-corrected chi connectivity index (χ0v) is 13.5. The average Bonchev–Trinajstić information content (AvgIpc) is 2.98. The Balaban J connectivity index is 2.01. The summed E-state index contributed by atoms with van der Waals surface area (Å²) in [5, 5.41) is 2.56. The number of furan rings is 1. The summed E-state index contributed by atoms with van der Waals surface area (Å²) in [7, 11) is 0. The topological polar surface area (TPSA) is 62.6 Å². The highest BCUT2D eigenvalue weighted by Gasteiger charge is 2.34. The number of amides is 2. The van der Waals surface area contributed by atoms with E-state index in [2.05, 4.69) is 21.2 Å². The van der Waals surface area contributed by atoms with E-state index in [1.54, 1.807) is 36.4 Å². The molecule has 7 heteroatoms. The van der Waals surface area contributed by atoms with Crippen LogP contribution < -0.4 is 10.2 Å². The van der Waals surface area contributed by atoms with Gasteiger partial charge in [0.15, 0.2) is 5.11 Å². The van der Waals surface area contributed by atoms with E-state index in [1.807, 2.05) is 0 Å². The van der Waals surface area contributed by atoms with Crippen molar-refractivity contribution in [2.45, 2.75) is 0 Å². The summed E-state index contributed by atoms with van der Waals surface area (Å²) >= 11 is 8.44. The van der Waals surface area contributed by atoms with Gasteiger partial charge in [0, 0.05) is 4.47 Å². The third kappa shape index (κ3) is 2.72. The van der Waals surface area contributed by atoms with E-state index >= 15 is 0 Å². The molecule has 22 heavy (non-hydrogen) atoms. The first-order valence-electron chi connectivity index (χ1n) is 6.27. The van der Waals surface area contributed by atoms with Gasteiger partial charge in [-0.15, -0.1) is 0 Å². The second-order valence-corrected chi connectivity index (χ2v) is 5.75. The monoisotopic (exact) mass is 376 g/mol. The quantitative estimate of drug-likeness (QED) is 0.497. The number of thiocarbonyl (C=S) groups is 1. The average molecular weight is 377 g/mol. The minimum Gasteiger partial charge on any atom is -0.465 e. The summed E-state index contributed by atoms with van der Waals surface area (Å²) < 4.78 is 6.03. The van der Waals surface area contributed by atoms with Gasteiger partial charge >= 0.3 is 0 Å². The van der Waals surface area contributed by atoms with E-state index in [4.69, 9.17) is 16.6 Å². The molecule has 0 unspecified atom stereocenters. The van der Waals surface area contributed by atoms with Gasteiger partial charge < -0.3 is 4.42 Å². The van der Waals surface area contributed by atoms with E-state index in [0.29, 0.717) is 11.4 Å². The molecule has 3 rings (SSSR count). The van der Waals surface area contributed by atoms with Gasteiger partial charge in [0.25, 0.3) is 11.8 Å². The molecular formula is C15H9BrN2O3S. The molecule has 0 bridgehead atoms. The van der Waals surface area contributed by atoms with Crippen molar-refractivity contribution in [3.8, 4) is 0 Å². The van der Waals surface area contributed by atoms with Gasteiger partial charge in [-0.1, -0.05) is 15.9 Å². The van der Waals surface area contributed by atoms with Gasteiger partial charge in [0.05, 0.1) is 12.0 Å². The van der Waals surface area contributed by atoms with Crippen LogP contribution in [0.25, 0.3) is 6.08 Å². The SMILES string of the molecule is O=C1NC(=S)N(c2ccc(Br)cc2)C(=O)C1=Cc1ccco1. The molecule has 1 aliphatic heterocycles. The largest absolute Gasteiger partial charge is 0.465 e. The number of carbonyl (C=O) groups is 2. The number of hydrogen-bond acceptors (Lipinski definition) is 4. The zero-order chi connectivity index (χ0) is 15.7. The van der Waals surface area contributed by atoms with E-state index in [9.17, 15) is 9.59 Å². The molecule has 0 radical (unpaired) electrons. The number of benzene rings is 1. The van der Waals surface area contributed by atoms with Crippen LogP contribution in [-0.4, -0.2) is 16.9 Å². The van der Waals surface area contributed by atoms with Gasteiger partial charge in [-0.05, 0) is 54.7 Å². The van der Waals surface area contributed by atoms with Gasteiger partial charge in [-0.2, -0.15) is 0 Å². The van der Waals surface area contributed by atoms with Crippen LogP contribution in [0, 0.1) is 0 Å². The van der Waals surface area contributed by atoms with Crippen LogP contribution in [0.3, 0.4) is 0 Å². The first-order valence-corrected chi connectivity index (χ1v) is 7.47. The van der Waals surface area contributed by atoms with E-state index in [-0.39, 0.29) is 10.7 Å². The number of carbonyl (C=O) groups excluding carboxylic acids is 2. The molecule has 0 atom stereocenters. The Morgan fingerprint density at radius 3 is 2.55 bits per heavy atom. The standard InChI is InChI=1S/C15H9BrN2O3S/c16-9-3-5-10(6-4-9)18-14(20)12(13(19)17-15(18)22)8-11-2-1-7-21-11/h1-8H,(H,17,19,22). The fraction of sp³-hybridized carbons (Fsp3) is 0. The maximum absolute atomic E-state index is 12.6. The molecule has 1 saturated heterocycles. The van der Waals surface area contributed by atoms with Crippen molar-refractivity contribution in [3.05, 3.63) is 58.5 Å². The summed E-state index contributed by atoms with van der Waals surface area (Å²) in [6, 6.07) is 10.4. The fourth-order valence-electron chi connectivity index (χ4n) is 2.00. The first kappa shape index (κ1) is 14.7. The second-order valence-electron chi connectivity index (χ2n) is 4.45. The van der Waals surface area contributed by atoms with Crippen LogP contribution in [0.15, 0.2) is 57.1 Å². The number of halogens is 1. The number of nitrogens with zero attached hydrogens (tertiary/aromatic N) is 1. The highest BCUT2D eigenvalue weighted by atomic mass is 79.9. The number of nitrogens with one attached hydrogen (secondary N) is 1. The van der Waals surface area contributed by atoms with Gasteiger partial charge in [0.1, 0.15) is 11.3 Å². The number of anilines is 1. The molecule has 1 aliphatic rings. The molecule has 1 N–H and O–H groups in total. The van der Waals surface area contributed by atoms with Crippen molar-refractivity contribution in [3.63, 3.8) is 0 Å². The Kier molecular flexibility index (Phi) is 3.91. The summed E-state index contributed by atoms with van der Waals surface area (Å²) in [5.41, 5.74) is 0.537. The minimum absolute atomic E-state index is 0.0357. The van der Waals surface area contributed by atoms with Crippen molar-refractivity contribution in [2.24, 2.45) is 0 Å². The second kappa shape index (κ2) is 5.86. The van der Waals surface area contributed by atoms with Crippen LogP contribution in [-0.2, 0) is 9.59 Å². The molecule has 2 aromatic rings. The summed E-state index contributed by atoms with van der Waals surface area (Å²) in [5.74, 6) is -0.616. The lowest BCUT2D eigenvalue weighted by Gasteiger charge is -2.28. The molecule has 1 aromatic heterocycles. The Hall–Kier alpha value is -2.25. The lowest BCUT2D eigenvalue weighted by Crippen LogP contribution is -2.54. The number of rotatable bonds is 2. The molecule has 2 heterocycles. The highest BCUT2D eigenvalue weighted by Crippen LogP contribution is 2.23. The molecule has 1 fully saturated rings. The zero-order valence-electron chi connectivity index (χ0n) is 11.1. The molecular weight excluding hydrogens is 368 g/mol. The maximum Gasteiger partial charge on any atom is 0.270 e. The van der Waals surface area contributed by atoms with Crippen molar-refractivity contribution in [2.75, 3.05) is 4.90 Å². The first-order chi connectivity index (χ1) is 10.6. The van der Waals surface area contributed by atoms with Gasteiger partial charge in [0.2, 0.25) is 0 Å². The molecule has 0 aliphatic carbocycles. The lowest BCUT2D eigenvalue weighted by molar-refractivity contribution is -0.122. The van der Waals surface area contributed by atoms with Crippen LogP contribution in [0.2, 0.25) is 0 Å². The number of hydrogen-bond donors (Lipinski definition) is 1. The van der Waals surface area contributed by atoms with Crippen LogP contribution in [0.5, 0.6) is 0 Å². The van der Waals surface area contributed by atoms with Crippen molar-refractivity contribution >= 4 is 56.8 Å². The van der Waals surface area contributed by atoms with Gasteiger partial charge in [-0.3, -0.25) is 19.8 Å². The highest BCUT2D eigenvalue weighted by molar-refractivity contribution is 9.10. The van der Waals surface area contributed by atoms with Crippen LogP contribution >= 0.6 is 28.1 Å². The van der Waals surface area contributed by atoms with Crippen molar-refractivity contribution in [1.82, 2.24) is 5.32 Å². The van der Waals surface area contributed by atoms with Crippen molar-refractivity contribution in [1.29, 1.82) is 0 Å². The Morgan fingerprint density at radius 2 is 1.91 bits per heavy atom. The van der Waals surface area contributed by atoms with Crippen molar-refractivity contribution < 1.29 is 14.0 Å². The van der Waals surface area contributed by atoms with E-state index in [1.165, 1.54) is 17.2 Å². The third-order valence-electron chi connectivity index (χ3n) is 3.02. The molecule has 5 nitrogen and oxygen atoms in total. The summed E-state index contributed by atoms with van der Waals surface area (Å²) in [4.78, 5) is 25.9. The molecule has 1 aromatic carbocycles. The predicted octanol–water partition coefficient (Wildman–Crippen LogP) is 2.87. The molecule has 0 saturated carbocycles. The normalized spacial score (nSPS) is 17.0.